The molecule has 0 fully saturated rings. The lowest BCUT2D eigenvalue weighted by Crippen LogP contribution is -2.00. The highest BCUT2D eigenvalue weighted by atomic mass is 16.5. The van der Waals surface area contributed by atoms with Crippen molar-refractivity contribution in [3.8, 4) is 28.6 Å². The van der Waals surface area contributed by atoms with Gasteiger partial charge in [-0.2, -0.15) is 0 Å². The van der Waals surface area contributed by atoms with Crippen LogP contribution in [0.2, 0.25) is 0 Å². The van der Waals surface area contributed by atoms with E-state index in [4.69, 9.17) is 14.2 Å². The quantitative estimate of drug-likeness (QED) is 0.144. The molecule has 5 nitrogen and oxygen atoms in total. The van der Waals surface area contributed by atoms with Crippen LogP contribution in [0.4, 0.5) is 0 Å². The molecule has 5 heteroatoms. The minimum absolute atomic E-state index is 0.688. The van der Waals surface area contributed by atoms with E-state index in [9.17, 15) is 0 Å². The molecule has 1 heterocycles. The number of rotatable bonds is 20. The molecule has 2 aromatic carbocycles. The molecule has 0 aliphatic rings. The Balaban J connectivity index is 1.22. The molecule has 3 rings (SSSR count). The van der Waals surface area contributed by atoms with Crippen molar-refractivity contribution in [1.29, 1.82) is 0 Å². The number of unbranched alkanes of at least 4 members (excludes halogenated alkanes) is 10. The van der Waals surface area contributed by atoms with E-state index in [2.05, 4.69) is 16.9 Å². The number of hydrogen-bond donors (Lipinski definition) is 0. The molecule has 0 bridgehead atoms. The van der Waals surface area contributed by atoms with E-state index in [1.807, 2.05) is 54.6 Å². The van der Waals surface area contributed by atoms with Gasteiger partial charge in [-0.25, -0.2) is 9.97 Å². The maximum Gasteiger partial charge on any atom is 0.159 e. The van der Waals surface area contributed by atoms with Crippen LogP contribution in [-0.2, 0) is 0 Å². The van der Waals surface area contributed by atoms with E-state index < -0.39 is 0 Å². The van der Waals surface area contributed by atoms with Crippen molar-refractivity contribution in [2.45, 2.75) is 84.0 Å². The Bertz CT molecular complexity index is 946. The predicted molar refractivity (Wildman–Crippen MR) is 151 cm³/mol. The van der Waals surface area contributed by atoms with E-state index >= 15 is 0 Å². The number of para-hydroxylation sites is 1. The minimum atomic E-state index is 0.688. The van der Waals surface area contributed by atoms with Crippen molar-refractivity contribution >= 4 is 0 Å². The van der Waals surface area contributed by atoms with E-state index in [1.54, 1.807) is 12.4 Å². The van der Waals surface area contributed by atoms with Gasteiger partial charge in [0, 0.05) is 5.56 Å². The number of ether oxygens (including phenoxy) is 3. The van der Waals surface area contributed by atoms with Crippen molar-refractivity contribution in [2.75, 3.05) is 19.8 Å². The summed E-state index contributed by atoms with van der Waals surface area (Å²) in [6.07, 6.45) is 18.2. The van der Waals surface area contributed by atoms with Gasteiger partial charge in [-0.1, -0.05) is 82.9 Å². The smallest absolute Gasteiger partial charge is 0.159 e. The maximum absolute atomic E-state index is 5.89. The highest BCUT2D eigenvalue weighted by Gasteiger charge is 2.04. The zero-order valence-corrected chi connectivity index (χ0v) is 22.6. The van der Waals surface area contributed by atoms with Crippen LogP contribution in [0, 0.1) is 0 Å². The molecule has 0 aliphatic heterocycles. The summed E-state index contributed by atoms with van der Waals surface area (Å²) in [6, 6.07) is 18.0. The molecule has 3 aromatic rings. The molecule has 0 saturated carbocycles. The molecule has 0 N–H and O–H groups in total. The molecule has 1 aromatic heterocycles. The van der Waals surface area contributed by atoms with Gasteiger partial charge >= 0.3 is 0 Å². The Morgan fingerprint density at radius 3 is 1.49 bits per heavy atom. The Hall–Kier alpha value is -3.08. The van der Waals surface area contributed by atoms with E-state index in [0.29, 0.717) is 12.4 Å². The first-order valence-corrected chi connectivity index (χ1v) is 14.2. The van der Waals surface area contributed by atoms with Crippen molar-refractivity contribution in [3.63, 3.8) is 0 Å². The SMILES string of the molecule is CCCCCCCCCOc1ccc(-c2ncc(OCCCCCCCOc3ccccc3)cn2)cc1. The summed E-state index contributed by atoms with van der Waals surface area (Å²) < 4.78 is 17.4. The summed E-state index contributed by atoms with van der Waals surface area (Å²) in [6.45, 7) is 4.50. The molecule has 37 heavy (non-hydrogen) atoms. The molecule has 0 aliphatic carbocycles. The van der Waals surface area contributed by atoms with Crippen LogP contribution in [0.3, 0.4) is 0 Å². The van der Waals surface area contributed by atoms with Crippen LogP contribution in [0.15, 0.2) is 67.0 Å². The van der Waals surface area contributed by atoms with Gasteiger partial charge in [0.05, 0.1) is 32.2 Å². The Kier molecular flexibility index (Phi) is 14.0. The van der Waals surface area contributed by atoms with Gasteiger partial charge in [-0.3, -0.25) is 0 Å². The zero-order valence-electron chi connectivity index (χ0n) is 22.6. The number of aromatic nitrogens is 2. The molecule has 0 saturated heterocycles. The summed E-state index contributed by atoms with van der Waals surface area (Å²) in [7, 11) is 0. The molecular weight excluding hydrogens is 460 g/mol. The average molecular weight is 505 g/mol. The lowest BCUT2D eigenvalue weighted by Gasteiger charge is -2.08. The van der Waals surface area contributed by atoms with Crippen LogP contribution in [-0.4, -0.2) is 29.8 Å². The van der Waals surface area contributed by atoms with Crippen molar-refractivity contribution in [1.82, 2.24) is 9.97 Å². The molecule has 0 atom stereocenters. The zero-order chi connectivity index (χ0) is 25.8. The first kappa shape index (κ1) is 28.5. The first-order chi connectivity index (χ1) is 18.3. The van der Waals surface area contributed by atoms with Crippen molar-refractivity contribution in [3.05, 3.63) is 67.0 Å². The third-order valence-electron chi connectivity index (χ3n) is 6.33. The Morgan fingerprint density at radius 1 is 0.486 bits per heavy atom. The normalized spacial score (nSPS) is 10.8. The summed E-state index contributed by atoms with van der Waals surface area (Å²) in [4.78, 5) is 8.96. The predicted octanol–water partition coefficient (Wildman–Crippen LogP) is 8.68. The topological polar surface area (TPSA) is 53.5 Å². The second-order valence-corrected chi connectivity index (χ2v) is 9.51. The molecule has 0 amide bonds. The summed E-state index contributed by atoms with van der Waals surface area (Å²) in [5.74, 6) is 3.26. The van der Waals surface area contributed by atoms with Crippen LogP contribution in [0.1, 0.15) is 84.0 Å². The van der Waals surface area contributed by atoms with Gasteiger partial charge in [0.25, 0.3) is 0 Å². The van der Waals surface area contributed by atoms with Crippen LogP contribution < -0.4 is 14.2 Å². The van der Waals surface area contributed by atoms with Crippen LogP contribution >= 0.6 is 0 Å². The number of benzene rings is 2. The molecule has 0 unspecified atom stereocenters. The highest BCUT2D eigenvalue weighted by Crippen LogP contribution is 2.21. The monoisotopic (exact) mass is 504 g/mol. The third-order valence-corrected chi connectivity index (χ3v) is 6.33. The lowest BCUT2D eigenvalue weighted by atomic mass is 10.1. The van der Waals surface area contributed by atoms with Gasteiger partial charge in [0.2, 0.25) is 0 Å². The molecule has 0 radical (unpaired) electrons. The van der Waals surface area contributed by atoms with Gasteiger partial charge < -0.3 is 14.2 Å². The van der Waals surface area contributed by atoms with Crippen LogP contribution in [0.5, 0.6) is 17.2 Å². The van der Waals surface area contributed by atoms with Gasteiger partial charge in [-0.05, 0) is 55.7 Å². The van der Waals surface area contributed by atoms with Gasteiger partial charge in [-0.15, -0.1) is 0 Å². The maximum atomic E-state index is 5.89. The van der Waals surface area contributed by atoms with E-state index in [1.165, 1.54) is 51.4 Å². The fraction of sp³-hybridized carbons (Fsp3) is 0.500. The van der Waals surface area contributed by atoms with Crippen LogP contribution in [0.25, 0.3) is 11.4 Å². The Labute approximate surface area is 223 Å². The second-order valence-electron chi connectivity index (χ2n) is 9.51. The number of nitrogens with zero attached hydrogens (tertiary/aromatic N) is 2. The largest absolute Gasteiger partial charge is 0.494 e. The average Bonchev–Trinajstić information content (AvgIpc) is 2.95. The number of hydrogen-bond acceptors (Lipinski definition) is 5. The highest BCUT2D eigenvalue weighted by molar-refractivity contribution is 5.56. The van der Waals surface area contributed by atoms with E-state index in [-0.39, 0.29) is 0 Å². The molecule has 0 spiro atoms. The molecule has 200 valence electrons. The standard InChI is InChI=1S/C32H44N2O3/c1-2-3-4-5-6-8-14-24-36-30-21-19-28(20-22-30)32-33-26-31(27-34-32)37-25-16-10-7-9-15-23-35-29-17-12-11-13-18-29/h11-13,17-22,26-27H,2-10,14-16,23-25H2,1H3. The lowest BCUT2D eigenvalue weighted by molar-refractivity contribution is 0.292. The summed E-state index contributed by atoms with van der Waals surface area (Å²) in [5.41, 5.74) is 0.978. The fourth-order valence-corrected chi connectivity index (χ4v) is 4.12. The summed E-state index contributed by atoms with van der Waals surface area (Å²) >= 11 is 0. The fourth-order valence-electron chi connectivity index (χ4n) is 4.12. The van der Waals surface area contributed by atoms with Gasteiger partial charge in [0.15, 0.2) is 11.6 Å². The second kappa shape index (κ2) is 18.2. The summed E-state index contributed by atoms with van der Waals surface area (Å²) in [5, 5.41) is 0. The molecular formula is C32H44N2O3. The van der Waals surface area contributed by atoms with Gasteiger partial charge in [0.1, 0.15) is 11.5 Å². The first-order valence-electron chi connectivity index (χ1n) is 14.2. The minimum Gasteiger partial charge on any atom is -0.494 e. The Morgan fingerprint density at radius 2 is 0.946 bits per heavy atom. The van der Waals surface area contributed by atoms with Crippen molar-refractivity contribution < 1.29 is 14.2 Å². The third kappa shape index (κ3) is 12.1. The van der Waals surface area contributed by atoms with E-state index in [0.717, 1.165) is 61.7 Å². The van der Waals surface area contributed by atoms with Crippen molar-refractivity contribution in [2.24, 2.45) is 0 Å².